The smallest absolute Gasteiger partial charge is 0.221 e. The van der Waals surface area contributed by atoms with Crippen molar-refractivity contribution in [2.45, 2.75) is 13.5 Å². The Morgan fingerprint density at radius 3 is 2.41 bits per heavy atom. The maximum atomic E-state index is 5.86. The van der Waals surface area contributed by atoms with Gasteiger partial charge in [-0.2, -0.15) is 0 Å². The summed E-state index contributed by atoms with van der Waals surface area (Å²) in [6.45, 7) is 2.41. The molecule has 22 heavy (non-hydrogen) atoms. The van der Waals surface area contributed by atoms with Gasteiger partial charge in [0.15, 0.2) is 0 Å². The van der Waals surface area contributed by atoms with E-state index in [9.17, 15) is 0 Å². The van der Waals surface area contributed by atoms with Crippen molar-refractivity contribution < 1.29 is 9.15 Å². The van der Waals surface area contributed by atoms with Gasteiger partial charge in [0.05, 0.1) is 12.0 Å². The highest BCUT2D eigenvalue weighted by atomic mass is 16.5. The van der Waals surface area contributed by atoms with Gasteiger partial charge in [-0.15, -0.1) is 0 Å². The van der Waals surface area contributed by atoms with Crippen LogP contribution in [0.2, 0.25) is 0 Å². The molecule has 0 fully saturated rings. The number of aryl methyl sites for hydroxylation is 1. The van der Waals surface area contributed by atoms with Gasteiger partial charge in [0.2, 0.25) is 5.90 Å². The van der Waals surface area contributed by atoms with Crippen molar-refractivity contribution in [3.63, 3.8) is 0 Å². The largest absolute Gasteiger partial charge is 0.469 e. The normalized spacial score (nSPS) is 11.4. The second-order valence-corrected chi connectivity index (χ2v) is 4.99. The van der Waals surface area contributed by atoms with Gasteiger partial charge in [-0.25, -0.2) is 4.99 Å². The third-order valence-corrected chi connectivity index (χ3v) is 3.22. The molecule has 3 aromatic rings. The summed E-state index contributed by atoms with van der Waals surface area (Å²) < 4.78 is 11.2. The number of hydrogen-bond donors (Lipinski definition) is 0. The van der Waals surface area contributed by atoms with E-state index in [4.69, 9.17) is 9.15 Å². The monoisotopic (exact) mass is 291 g/mol. The molecule has 0 saturated carbocycles. The summed E-state index contributed by atoms with van der Waals surface area (Å²) in [7, 11) is 0. The Labute approximate surface area is 129 Å². The molecular weight excluding hydrogens is 274 g/mol. The van der Waals surface area contributed by atoms with Gasteiger partial charge in [-0.05, 0) is 43.3 Å². The van der Waals surface area contributed by atoms with E-state index in [1.165, 1.54) is 5.56 Å². The van der Waals surface area contributed by atoms with Crippen molar-refractivity contribution in [2.24, 2.45) is 4.99 Å². The summed E-state index contributed by atoms with van der Waals surface area (Å²) in [6, 6.07) is 21.6. The number of aliphatic imine (C=N–C) groups is 1. The summed E-state index contributed by atoms with van der Waals surface area (Å²) >= 11 is 0. The van der Waals surface area contributed by atoms with Crippen molar-refractivity contribution in [2.75, 3.05) is 0 Å². The zero-order chi connectivity index (χ0) is 15.2. The third kappa shape index (κ3) is 3.64. The average Bonchev–Trinajstić information content (AvgIpc) is 3.07. The maximum absolute atomic E-state index is 5.86. The molecule has 0 amide bonds. The van der Waals surface area contributed by atoms with Crippen LogP contribution in [0, 0.1) is 6.92 Å². The number of nitrogens with zero attached hydrogens (tertiary/aromatic N) is 1. The molecule has 0 atom stereocenters. The number of furan rings is 1. The molecule has 1 heterocycles. The third-order valence-electron chi connectivity index (χ3n) is 3.22. The van der Waals surface area contributed by atoms with Crippen LogP contribution in [0.15, 0.2) is 82.4 Å². The summed E-state index contributed by atoms with van der Waals surface area (Å²) in [4.78, 5) is 4.62. The van der Waals surface area contributed by atoms with Crippen molar-refractivity contribution in [3.8, 4) is 0 Å². The molecule has 0 aliphatic carbocycles. The first kappa shape index (κ1) is 14.1. The van der Waals surface area contributed by atoms with Gasteiger partial charge in [0.25, 0.3) is 0 Å². The van der Waals surface area contributed by atoms with Gasteiger partial charge in [-0.3, -0.25) is 0 Å². The molecule has 0 unspecified atom stereocenters. The van der Waals surface area contributed by atoms with E-state index >= 15 is 0 Å². The summed E-state index contributed by atoms with van der Waals surface area (Å²) in [5.41, 5.74) is 3.01. The van der Waals surface area contributed by atoms with E-state index in [2.05, 4.69) is 11.9 Å². The minimum Gasteiger partial charge on any atom is -0.469 e. The molecule has 0 bridgehead atoms. The number of hydrogen-bond acceptors (Lipinski definition) is 3. The van der Waals surface area contributed by atoms with E-state index in [0.29, 0.717) is 12.5 Å². The van der Waals surface area contributed by atoms with Gasteiger partial charge in [-0.1, -0.05) is 35.9 Å². The Morgan fingerprint density at radius 2 is 1.73 bits per heavy atom. The van der Waals surface area contributed by atoms with E-state index in [0.717, 1.165) is 17.0 Å². The Morgan fingerprint density at radius 1 is 0.955 bits per heavy atom. The molecule has 3 rings (SSSR count). The Bertz CT molecular complexity index is 729. The zero-order valence-corrected chi connectivity index (χ0v) is 12.4. The van der Waals surface area contributed by atoms with Crippen LogP contribution >= 0.6 is 0 Å². The highest BCUT2D eigenvalue weighted by molar-refractivity contribution is 5.95. The lowest BCUT2D eigenvalue weighted by Gasteiger charge is -2.08. The Balaban J connectivity index is 1.86. The van der Waals surface area contributed by atoms with E-state index in [1.54, 1.807) is 6.26 Å². The number of ether oxygens (including phenoxy) is 1. The zero-order valence-electron chi connectivity index (χ0n) is 12.4. The molecule has 0 aliphatic rings. The maximum Gasteiger partial charge on any atom is 0.221 e. The summed E-state index contributed by atoms with van der Waals surface area (Å²) in [5, 5.41) is 0. The van der Waals surface area contributed by atoms with Crippen LogP contribution < -0.4 is 0 Å². The fourth-order valence-electron chi connectivity index (χ4n) is 2.03. The Hall–Kier alpha value is -2.81. The molecule has 0 spiro atoms. The van der Waals surface area contributed by atoms with Crippen LogP contribution in [0.25, 0.3) is 0 Å². The minimum atomic E-state index is 0.354. The van der Waals surface area contributed by atoms with Crippen molar-refractivity contribution in [1.29, 1.82) is 0 Å². The van der Waals surface area contributed by atoms with Crippen molar-refractivity contribution in [1.82, 2.24) is 0 Å². The lowest BCUT2D eigenvalue weighted by atomic mass is 10.2. The van der Waals surface area contributed by atoms with Gasteiger partial charge >= 0.3 is 0 Å². The summed E-state index contributed by atoms with van der Waals surface area (Å²) in [5.74, 6) is 1.35. The lowest BCUT2D eigenvalue weighted by Crippen LogP contribution is -2.06. The molecule has 0 aliphatic heterocycles. The SMILES string of the molecule is Cc1ccc(N=C(OCc2ccco2)c2ccccc2)cc1. The van der Waals surface area contributed by atoms with Gasteiger partial charge in [0.1, 0.15) is 12.4 Å². The first-order valence-electron chi connectivity index (χ1n) is 7.17. The quantitative estimate of drug-likeness (QED) is 0.507. The molecule has 1 aromatic heterocycles. The molecule has 3 nitrogen and oxygen atoms in total. The minimum absolute atomic E-state index is 0.354. The second kappa shape index (κ2) is 6.76. The van der Waals surface area contributed by atoms with E-state index in [-0.39, 0.29) is 0 Å². The Kier molecular flexibility index (Phi) is 4.35. The van der Waals surface area contributed by atoms with E-state index in [1.807, 2.05) is 66.7 Å². The van der Waals surface area contributed by atoms with Gasteiger partial charge < -0.3 is 9.15 Å². The molecular formula is C19H17NO2. The van der Waals surface area contributed by atoms with Crippen LogP contribution in [0.1, 0.15) is 16.9 Å². The van der Waals surface area contributed by atoms with Crippen LogP contribution in [-0.2, 0) is 11.3 Å². The molecule has 110 valence electrons. The van der Waals surface area contributed by atoms with Crippen molar-refractivity contribution >= 4 is 11.6 Å². The second-order valence-electron chi connectivity index (χ2n) is 4.99. The molecule has 0 radical (unpaired) electrons. The van der Waals surface area contributed by atoms with Crippen LogP contribution in [0.3, 0.4) is 0 Å². The van der Waals surface area contributed by atoms with Gasteiger partial charge in [0, 0.05) is 5.56 Å². The predicted octanol–water partition coefficient (Wildman–Crippen LogP) is 4.88. The summed E-state index contributed by atoms with van der Waals surface area (Å²) in [6.07, 6.45) is 1.64. The average molecular weight is 291 g/mol. The van der Waals surface area contributed by atoms with Crippen LogP contribution in [0.5, 0.6) is 0 Å². The number of rotatable bonds is 4. The van der Waals surface area contributed by atoms with Crippen LogP contribution in [-0.4, -0.2) is 5.90 Å². The fourth-order valence-corrected chi connectivity index (χ4v) is 2.03. The predicted molar refractivity (Wildman–Crippen MR) is 87.3 cm³/mol. The number of benzene rings is 2. The molecule has 0 saturated heterocycles. The van der Waals surface area contributed by atoms with Crippen molar-refractivity contribution in [3.05, 3.63) is 89.9 Å². The first-order chi connectivity index (χ1) is 10.8. The highest BCUT2D eigenvalue weighted by Gasteiger charge is 2.07. The topological polar surface area (TPSA) is 34.7 Å². The first-order valence-corrected chi connectivity index (χ1v) is 7.17. The van der Waals surface area contributed by atoms with Crippen LogP contribution in [0.4, 0.5) is 5.69 Å². The fraction of sp³-hybridized carbons (Fsp3) is 0.105. The standard InChI is InChI=1S/C19H17NO2/c1-15-9-11-17(12-10-15)20-19(16-6-3-2-4-7-16)22-14-18-8-5-13-21-18/h2-13H,14H2,1H3. The highest BCUT2D eigenvalue weighted by Crippen LogP contribution is 2.16. The molecule has 0 N–H and O–H groups in total. The lowest BCUT2D eigenvalue weighted by molar-refractivity contribution is 0.259. The van der Waals surface area contributed by atoms with E-state index < -0.39 is 0 Å². The molecule has 3 heteroatoms. The molecule has 2 aromatic carbocycles.